The van der Waals surface area contributed by atoms with Crippen molar-refractivity contribution in [2.24, 2.45) is 0 Å². The van der Waals surface area contributed by atoms with Gasteiger partial charge in [0.1, 0.15) is 5.75 Å². The minimum Gasteiger partial charge on any atom is -0.497 e. The smallest absolute Gasteiger partial charge is 0.161 e. The van der Waals surface area contributed by atoms with E-state index in [1.165, 1.54) is 0 Å². The molecule has 0 heterocycles. The van der Waals surface area contributed by atoms with E-state index < -0.39 is 5.92 Å². The van der Waals surface area contributed by atoms with Gasteiger partial charge in [0.05, 0.1) is 39.4 Å². The summed E-state index contributed by atoms with van der Waals surface area (Å²) in [4.78, 5) is 0. The topological polar surface area (TPSA) is 75.3 Å². The van der Waals surface area contributed by atoms with Crippen LogP contribution in [0, 0.1) is 22.7 Å². The van der Waals surface area contributed by atoms with E-state index in [2.05, 4.69) is 12.1 Å². The lowest BCUT2D eigenvalue weighted by Crippen LogP contribution is -1.98. The Bertz CT molecular complexity index is 858. The molecular formula is C21H20N2O3. The van der Waals surface area contributed by atoms with Crippen LogP contribution in [0.3, 0.4) is 0 Å². The SMILES string of the molecule is COc1ccc(C(C#N)CC(C#N)=Cc2ccc(OC)c(OC)c2)cc1. The lowest BCUT2D eigenvalue weighted by atomic mass is 9.92. The van der Waals surface area contributed by atoms with Gasteiger partial charge in [0.2, 0.25) is 0 Å². The van der Waals surface area contributed by atoms with Crippen LogP contribution in [0.2, 0.25) is 0 Å². The van der Waals surface area contributed by atoms with E-state index in [1.54, 1.807) is 39.5 Å². The van der Waals surface area contributed by atoms with Crippen molar-refractivity contribution >= 4 is 6.08 Å². The zero-order valence-electron chi connectivity index (χ0n) is 15.0. The fourth-order valence-corrected chi connectivity index (χ4v) is 2.57. The van der Waals surface area contributed by atoms with E-state index in [-0.39, 0.29) is 0 Å². The van der Waals surface area contributed by atoms with Crippen molar-refractivity contribution in [3.63, 3.8) is 0 Å². The molecule has 2 rings (SSSR count). The highest BCUT2D eigenvalue weighted by atomic mass is 16.5. The fourth-order valence-electron chi connectivity index (χ4n) is 2.57. The molecule has 0 saturated carbocycles. The number of methoxy groups -OCH3 is 3. The minimum absolute atomic E-state index is 0.327. The predicted molar refractivity (Wildman–Crippen MR) is 99.1 cm³/mol. The van der Waals surface area contributed by atoms with Crippen LogP contribution in [-0.4, -0.2) is 21.3 Å². The summed E-state index contributed by atoms with van der Waals surface area (Å²) in [7, 11) is 4.73. The lowest BCUT2D eigenvalue weighted by Gasteiger charge is -2.10. The Kier molecular flexibility index (Phi) is 6.65. The molecule has 2 aromatic carbocycles. The van der Waals surface area contributed by atoms with Gasteiger partial charge in [-0.2, -0.15) is 10.5 Å². The minimum atomic E-state index is -0.410. The number of hydrogen-bond donors (Lipinski definition) is 0. The van der Waals surface area contributed by atoms with Crippen molar-refractivity contribution in [1.29, 1.82) is 10.5 Å². The molecular weight excluding hydrogens is 328 g/mol. The summed E-state index contributed by atoms with van der Waals surface area (Å²) in [6, 6.07) is 17.2. The Balaban J connectivity index is 2.25. The molecule has 5 heteroatoms. The largest absolute Gasteiger partial charge is 0.497 e. The van der Waals surface area contributed by atoms with Crippen LogP contribution in [0.25, 0.3) is 6.08 Å². The van der Waals surface area contributed by atoms with E-state index in [9.17, 15) is 10.5 Å². The molecule has 132 valence electrons. The van der Waals surface area contributed by atoms with Crippen molar-refractivity contribution in [2.75, 3.05) is 21.3 Å². The predicted octanol–water partition coefficient (Wildman–Crippen LogP) is 4.32. The number of ether oxygens (including phenoxy) is 3. The average Bonchev–Trinajstić information content (AvgIpc) is 2.70. The van der Waals surface area contributed by atoms with Crippen LogP contribution in [-0.2, 0) is 0 Å². The Hall–Kier alpha value is -3.44. The van der Waals surface area contributed by atoms with E-state index in [0.717, 1.165) is 16.9 Å². The number of rotatable bonds is 7. The molecule has 0 aliphatic carbocycles. The van der Waals surface area contributed by atoms with E-state index >= 15 is 0 Å². The van der Waals surface area contributed by atoms with Crippen molar-refractivity contribution in [1.82, 2.24) is 0 Å². The summed E-state index contributed by atoms with van der Waals surface area (Å²) in [5.74, 6) is 1.53. The molecule has 0 spiro atoms. The molecule has 0 fully saturated rings. The molecule has 1 atom stereocenters. The maximum absolute atomic E-state index is 9.51. The number of nitrogens with zero attached hydrogens (tertiary/aromatic N) is 2. The summed E-state index contributed by atoms with van der Waals surface area (Å²) >= 11 is 0. The van der Waals surface area contributed by atoms with E-state index in [0.29, 0.717) is 23.5 Å². The van der Waals surface area contributed by atoms with Gasteiger partial charge in [0.25, 0.3) is 0 Å². The zero-order chi connectivity index (χ0) is 18.9. The molecule has 26 heavy (non-hydrogen) atoms. The molecule has 0 aliphatic rings. The van der Waals surface area contributed by atoms with E-state index in [1.807, 2.05) is 30.3 Å². The van der Waals surface area contributed by atoms with Crippen molar-refractivity contribution in [3.05, 3.63) is 59.2 Å². The first-order valence-electron chi connectivity index (χ1n) is 8.01. The normalized spacial score (nSPS) is 11.8. The highest BCUT2D eigenvalue weighted by molar-refractivity contribution is 5.61. The van der Waals surface area contributed by atoms with Crippen molar-refractivity contribution < 1.29 is 14.2 Å². The third kappa shape index (κ3) is 4.55. The molecule has 1 unspecified atom stereocenters. The second-order valence-corrected chi connectivity index (χ2v) is 5.55. The maximum Gasteiger partial charge on any atom is 0.161 e. The Labute approximate surface area is 153 Å². The number of benzene rings is 2. The monoisotopic (exact) mass is 348 g/mol. The van der Waals surface area contributed by atoms with Crippen molar-refractivity contribution in [3.8, 4) is 29.4 Å². The summed E-state index contributed by atoms with van der Waals surface area (Å²) in [5, 5.41) is 19.0. The number of allylic oxidation sites excluding steroid dienone is 1. The lowest BCUT2D eigenvalue weighted by molar-refractivity contribution is 0.355. The highest BCUT2D eigenvalue weighted by Gasteiger charge is 2.14. The van der Waals surface area contributed by atoms with Gasteiger partial charge >= 0.3 is 0 Å². The standard InChI is InChI=1S/C21H20N2O3/c1-24-19-7-5-17(6-8-19)18(14-23)11-16(13-22)10-15-4-9-20(25-2)21(12-15)26-3/h4-10,12,18H,11H2,1-3H3. The molecule has 0 radical (unpaired) electrons. The van der Waals surface area contributed by atoms with Gasteiger partial charge in [-0.15, -0.1) is 0 Å². The molecule has 0 N–H and O–H groups in total. The highest BCUT2D eigenvalue weighted by Crippen LogP contribution is 2.30. The van der Waals surface area contributed by atoms with Gasteiger partial charge in [0.15, 0.2) is 11.5 Å². The van der Waals surface area contributed by atoms with Crippen LogP contribution in [0.1, 0.15) is 23.5 Å². The second kappa shape index (κ2) is 9.15. The van der Waals surface area contributed by atoms with Crippen molar-refractivity contribution in [2.45, 2.75) is 12.3 Å². The zero-order valence-corrected chi connectivity index (χ0v) is 15.0. The van der Waals surface area contributed by atoms with Crippen LogP contribution in [0.5, 0.6) is 17.2 Å². The van der Waals surface area contributed by atoms with Crippen LogP contribution >= 0.6 is 0 Å². The quantitative estimate of drug-likeness (QED) is 0.697. The summed E-state index contributed by atoms with van der Waals surface area (Å²) in [6.07, 6.45) is 2.09. The summed E-state index contributed by atoms with van der Waals surface area (Å²) in [6.45, 7) is 0. The first-order valence-corrected chi connectivity index (χ1v) is 8.01. The van der Waals surface area contributed by atoms with E-state index in [4.69, 9.17) is 14.2 Å². The van der Waals surface area contributed by atoms with Crippen LogP contribution < -0.4 is 14.2 Å². The Morgan fingerprint density at radius 1 is 0.962 bits per heavy atom. The molecule has 0 amide bonds. The molecule has 2 aromatic rings. The third-order valence-electron chi connectivity index (χ3n) is 3.99. The van der Waals surface area contributed by atoms with Gasteiger partial charge in [-0.3, -0.25) is 0 Å². The Morgan fingerprint density at radius 3 is 2.19 bits per heavy atom. The molecule has 0 aromatic heterocycles. The van der Waals surface area contributed by atoms with Crippen LogP contribution in [0.4, 0.5) is 0 Å². The fraction of sp³-hybridized carbons (Fsp3) is 0.238. The van der Waals surface area contributed by atoms with Gasteiger partial charge in [-0.25, -0.2) is 0 Å². The van der Waals surface area contributed by atoms with Gasteiger partial charge in [-0.05, 0) is 41.5 Å². The second-order valence-electron chi connectivity index (χ2n) is 5.55. The number of nitriles is 2. The first kappa shape index (κ1) is 18.9. The molecule has 5 nitrogen and oxygen atoms in total. The summed E-state index contributed by atoms with van der Waals surface area (Å²) < 4.78 is 15.6. The number of hydrogen-bond acceptors (Lipinski definition) is 5. The van der Waals surface area contributed by atoms with Gasteiger partial charge in [-0.1, -0.05) is 18.2 Å². The Morgan fingerprint density at radius 2 is 1.65 bits per heavy atom. The molecule has 0 aliphatic heterocycles. The summed E-state index contributed by atoms with van der Waals surface area (Å²) in [5.41, 5.74) is 2.17. The maximum atomic E-state index is 9.51. The average molecular weight is 348 g/mol. The van der Waals surface area contributed by atoms with Gasteiger partial charge in [0, 0.05) is 12.0 Å². The van der Waals surface area contributed by atoms with Crippen LogP contribution in [0.15, 0.2) is 48.0 Å². The molecule has 0 saturated heterocycles. The third-order valence-corrected chi connectivity index (χ3v) is 3.99. The van der Waals surface area contributed by atoms with Gasteiger partial charge < -0.3 is 14.2 Å². The first-order chi connectivity index (χ1) is 12.6. The molecule has 0 bridgehead atoms.